The van der Waals surface area contributed by atoms with E-state index in [2.05, 4.69) is 19.2 Å². The van der Waals surface area contributed by atoms with Gasteiger partial charge in [-0.1, -0.05) is 105 Å². The lowest BCUT2D eigenvalue weighted by molar-refractivity contribution is -0.140. The molecule has 2 amide bonds. The molecular formula is C34H41Cl2N3O4S. The Morgan fingerprint density at radius 2 is 1.50 bits per heavy atom. The third-order valence-corrected chi connectivity index (χ3v) is 9.99. The van der Waals surface area contributed by atoms with Gasteiger partial charge in [0.2, 0.25) is 21.8 Å². The molecule has 236 valence electrons. The lowest BCUT2D eigenvalue weighted by atomic mass is 9.94. The van der Waals surface area contributed by atoms with Gasteiger partial charge in [-0.15, -0.1) is 0 Å². The van der Waals surface area contributed by atoms with Crippen LogP contribution in [-0.4, -0.2) is 50.0 Å². The van der Waals surface area contributed by atoms with Crippen LogP contribution in [0.25, 0.3) is 0 Å². The number of nitrogens with one attached hydrogen (secondary N) is 1. The van der Waals surface area contributed by atoms with Crippen molar-refractivity contribution < 1.29 is 18.0 Å². The number of halogens is 2. The Kier molecular flexibility index (Phi) is 11.7. The molecule has 1 aliphatic carbocycles. The Bertz CT molecular complexity index is 1510. The Labute approximate surface area is 271 Å². The standard InChI is InChI=1S/C34H41Cl2N3O4S/c1-24(2)26-17-19-28(20-18-26)39(44(3,42)43)23-33(40)38(22-29-30(35)15-10-16-31(29)36)32(21-25-11-6-4-7-12-25)34(41)37-27-13-8-5-9-14-27/h4,6-7,10-12,15-20,24,27,32H,5,8-9,13-14,21-23H2,1-3H3,(H,37,41)/t32-/m0/s1. The van der Waals surface area contributed by atoms with E-state index in [4.69, 9.17) is 23.2 Å². The van der Waals surface area contributed by atoms with Crippen LogP contribution >= 0.6 is 23.2 Å². The fraction of sp³-hybridized carbons (Fsp3) is 0.412. The fourth-order valence-electron chi connectivity index (χ4n) is 5.59. The lowest BCUT2D eigenvalue weighted by Gasteiger charge is -2.35. The van der Waals surface area contributed by atoms with E-state index in [9.17, 15) is 18.0 Å². The molecule has 1 atom stereocenters. The first-order valence-corrected chi connectivity index (χ1v) is 17.7. The number of nitrogens with zero attached hydrogens (tertiary/aromatic N) is 2. The zero-order chi connectivity index (χ0) is 31.9. The summed E-state index contributed by atoms with van der Waals surface area (Å²) in [5, 5.41) is 3.90. The second kappa shape index (κ2) is 15.3. The van der Waals surface area contributed by atoms with Crippen LogP contribution in [0.15, 0.2) is 72.8 Å². The summed E-state index contributed by atoms with van der Waals surface area (Å²) < 4.78 is 27.2. The predicted molar refractivity (Wildman–Crippen MR) is 179 cm³/mol. The maximum atomic E-state index is 14.4. The third kappa shape index (κ3) is 8.99. The second-order valence-electron chi connectivity index (χ2n) is 11.8. The van der Waals surface area contributed by atoms with E-state index in [0.717, 1.165) is 53.8 Å². The number of hydrogen-bond acceptors (Lipinski definition) is 4. The van der Waals surface area contributed by atoms with Crippen LogP contribution in [-0.2, 0) is 32.6 Å². The van der Waals surface area contributed by atoms with Gasteiger partial charge in [-0.25, -0.2) is 8.42 Å². The smallest absolute Gasteiger partial charge is 0.244 e. The van der Waals surface area contributed by atoms with Crippen molar-refractivity contribution in [2.24, 2.45) is 0 Å². The van der Waals surface area contributed by atoms with Gasteiger partial charge in [-0.05, 0) is 54.2 Å². The largest absolute Gasteiger partial charge is 0.352 e. The molecule has 44 heavy (non-hydrogen) atoms. The monoisotopic (exact) mass is 657 g/mol. The topological polar surface area (TPSA) is 86.8 Å². The molecule has 0 heterocycles. The van der Waals surface area contributed by atoms with Gasteiger partial charge in [0.25, 0.3) is 0 Å². The predicted octanol–water partition coefficient (Wildman–Crippen LogP) is 6.97. The van der Waals surface area contributed by atoms with Crippen LogP contribution in [0.4, 0.5) is 5.69 Å². The molecule has 3 aromatic rings. The molecule has 0 aliphatic heterocycles. The van der Waals surface area contributed by atoms with Crippen molar-refractivity contribution >= 4 is 50.7 Å². The minimum Gasteiger partial charge on any atom is -0.352 e. The van der Waals surface area contributed by atoms with Crippen molar-refractivity contribution in [3.05, 3.63) is 99.5 Å². The zero-order valence-electron chi connectivity index (χ0n) is 25.5. The fourth-order valence-corrected chi connectivity index (χ4v) is 6.96. The molecule has 0 aromatic heterocycles. The van der Waals surface area contributed by atoms with E-state index in [1.54, 1.807) is 30.3 Å². The number of rotatable bonds is 12. The minimum absolute atomic E-state index is 0.0161. The summed E-state index contributed by atoms with van der Waals surface area (Å²) in [5.41, 5.74) is 2.77. The van der Waals surface area contributed by atoms with E-state index in [1.165, 1.54) is 4.90 Å². The van der Waals surface area contributed by atoms with Gasteiger partial charge < -0.3 is 10.2 Å². The van der Waals surface area contributed by atoms with Gasteiger partial charge in [0, 0.05) is 34.6 Å². The van der Waals surface area contributed by atoms with Crippen molar-refractivity contribution in [2.75, 3.05) is 17.1 Å². The number of hydrogen-bond donors (Lipinski definition) is 1. The SMILES string of the molecule is CC(C)c1ccc(N(CC(=O)N(Cc2c(Cl)cccc2Cl)[C@@H](Cc2ccccc2)C(=O)NC2CCCCC2)S(C)(=O)=O)cc1. The maximum Gasteiger partial charge on any atom is 0.244 e. The average Bonchev–Trinajstić information content (AvgIpc) is 2.99. The summed E-state index contributed by atoms with van der Waals surface area (Å²) in [6, 6.07) is 20.8. The summed E-state index contributed by atoms with van der Waals surface area (Å²) in [5.74, 6) is -0.571. The van der Waals surface area contributed by atoms with Crippen molar-refractivity contribution in [2.45, 2.75) is 76.9 Å². The number of anilines is 1. The van der Waals surface area contributed by atoms with Crippen LogP contribution in [0.5, 0.6) is 0 Å². The molecule has 0 radical (unpaired) electrons. The molecule has 4 rings (SSSR count). The van der Waals surface area contributed by atoms with Crippen LogP contribution < -0.4 is 9.62 Å². The normalized spacial score (nSPS) is 14.7. The van der Waals surface area contributed by atoms with Crippen molar-refractivity contribution in [3.8, 4) is 0 Å². The zero-order valence-corrected chi connectivity index (χ0v) is 27.8. The Hall–Kier alpha value is -3.07. The van der Waals surface area contributed by atoms with Gasteiger partial charge in [0.1, 0.15) is 12.6 Å². The third-order valence-electron chi connectivity index (χ3n) is 8.14. The molecule has 0 spiro atoms. The van der Waals surface area contributed by atoms with Gasteiger partial charge in [0.15, 0.2) is 0 Å². The van der Waals surface area contributed by atoms with Gasteiger partial charge in [-0.2, -0.15) is 0 Å². The van der Waals surface area contributed by atoms with E-state index >= 15 is 0 Å². The number of carbonyl (C=O) groups excluding carboxylic acids is 2. The molecule has 1 fully saturated rings. The summed E-state index contributed by atoms with van der Waals surface area (Å²) >= 11 is 13.1. The van der Waals surface area contributed by atoms with Crippen LogP contribution in [0.2, 0.25) is 10.0 Å². The van der Waals surface area contributed by atoms with E-state index in [0.29, 0.717) is 21.3 Å². The first-order chi connectivity index (χ1) is 20.9. The number of sulfonamides is 1. The van der Waals surface area contributed by atoms with Crippen molar-refractivity contribution in [1.82, 2.24) is 10.2 Å². The van der Waals surface area contributed by atoms with Crippen LogP contribution in [0, 0.1) is 0 Å². The van der Waals surface area contributed by atoms with Crippen LogP contribution in [0.3, 0.4) is 0 Å². The Morgan fingerprint density at radius 3 is 2.07 bits per heavy atom. The molecule has 0 saturated heterocycles. The minimum atomic E-state index is -3.86. The summed E-state index contributed by atoms with van der Waals surface area (Å²) in [4.78, 5) is 29.9. The highest BCUT2D eigenvalue weighted by molar-refractivity contribution is 7.92. The van der Waals surface area contributed by atoms with Gasteiger partial charge in [-0.3, -0.25) is 13.9 Å². The highest BCUT2D eigenvalue weighted by Crippen LogP contribution is 2.29. The highest BCUT2D eigenvalue weighted by atomic mass is 35.5. The number of amides is 2. The summed E-state index contributed by atoms with van der Waals surface area (Å²) in [6.07, 6.45) is 6.26. The highest BCUT2D eigenvalue weighted by Gasteiger charge is 2.34. The quantitative estimate of drug-likeness (QED) is 0.228. The number of carbonyl (C=O) groups is 2. The van der Waals surface area contributed by atoms with Gasteiger partial charge >= 0.3 is 0 Å². The molecular weight excluding hydrogens is 617 g/mol. The maximum absolute atomic E-state index is 14.4. The van der Waals surface area contributed by atoms with E-state index in [-0.39, 0.29) is 30.8 Å². The van der Waals surface area contributed by atoms with Crippen LogP contribution in [0.1, 0.15) is 68.6 Å². The molecule has 3 aromatic carbocycles. The first kappa shape index (κ1) is 33.8. The average molecular weight is 659 g/mol. The van der Waals surface area contributed by atoms with Crippen molar-refractivity contribution in [3.63, 3.8) is 0 Å². The lowest BCUT2D eigenvalue weighted by Crippen LogP contribution is -2.55. The first-order valence-electron chi connectivity index (χ1n) is 15.1. The summed E-state index contributed by atoms with van der Waals surface area (Å²) in [6.45, 7) is 3.53. The number of benzene rings is 3. The molecule has 0 unspecified atom stereocenters. The second-order valence-corrected chi connectivity index (χ2v) is 14.5. The molecule has 7 nitrogen and oxygen atoms in total. The summed E-state index contributed by atoms with van der Waals surface area (Å²) in [7, 11) is -3.86. The molecule has 1 saturated carbocycles. The van der Waals surface area contributed by atoms with E-state index in [1.807, 2.05) is 42.5 Å². The molecule has 0 bridgehead atoms. The molecule has 10 heteroatoms. The molecule has 1 N–H and O–H groups in total. The Morgan fingerprint density at radius 1 is 0.886 bits per heavy atom. The Balaban J connectivity index is 1.75. The van der Waals surface area contributed by atoms with Crippen molar-refractivity contribution in [1.29, 1.82) is 0 Å². The van der Waals surface area contributed by atoms with Gasteiger partial charge in [0.05, 0.1) is 11.9 Å². The molecule has 1 aliphatic rings. The van der Waals surface area contributed by atoms with E-state index < -0.39 is 28.5 Å².